The first kappa shape index (κ1) is 31.2. The van der Waals surface area contributed by atoms with E-state index in [9.17, 15) is 14.4 Å². The summed E-state index contributed by atoms with van der Waals surface area (Å²) in [5, 5.41) is 3.76. The highest BCUT2D eigenvalue weighted by Gasteiger charge is 2.34. The van der Waals surface area contributed by atoms with Crippen LogP contribution in [0.4, 0.5) is 5.69 Å². The van der Waals surface area contributed by atoms with Gasteiger partial charge in [-0.15, -0.1) is 6.42 Å². The largest absolute Gasteiger partial charge is 0.397 e. The van der Waals surface area contributed by atoms with E-state index in [0.717, 1.165) is 55.6 Å². The molecule has 0 aliphatic carbocycles. The predicted octanol–water partition coefficient (Wildman–Crippen LogP) is 2.86. The van der Waals surface area contributed by atoms with Crippen LogP contribution in [0.15, 0.2) is 41.2 Å². The third-order valence-corrected chi connectivity index (χ3v) is 10.2. The summed E-state index contributed by atoms with van der Waals surface area (Å²) in [6, 6.07) is 11.7. The Morgan fingerprint density at radius 1 is 0.978 bits per heavy atom. The number of H-pyrrole nitrogens is 1. The number of aromatic nitrogens is 2. The molecule has 0 bridgehead atoms. The summed E-state index contributed by atoms with van der Waals surface area (Å²) < 4.78 is 1.82. The van der Waals surface area contributed by atoms with Crippen LogP contribution in [0.1, 0.15) is 49.3 Å². The average Bonchev–Trinajstić information content (AvgIpc) is 3.41. The number of para-hydroxylation sites is 2. The lowest BCUT2D eigenvalue weighted by Crippen LogP contribution is -2.53. The minimum absolute atomic E-state index is 0.00227. The summed E-state index contributed by atoms with van der Waals surface area (Å²) in [6.07, 6.45) is 9.33. The molecule has 2 amide bonds. The van der Waals surface area contributed by atoms with E-state index < -0.39 is 5.92 Å². The number of fused-ring (bicyclic) bond motifs is 1. The molecule has 0 unspecified atom stereocenters. The molecule has 3 aromatic rings. The van der Waals surface area contributed by atoms with Gasteiger partial charge in [-0.25, -0.2) is 4.79 Å². The molecule has 0 radical (unpaired) electrons. The van der Waals surface area contributed by atoms with Crippen molar-refractivity contribution in [1.82, 2.24) is 29.6 Å². The zero-order chi connectivity index (χ0) is 31.5. The Labute approximate surface area is 268 Å². The number of benzene rings is 2. The molecule has 1 aromatic heterocycles. The molecule has 11 heteroatoms. The number of likely N-dealkylation sites (tertiary alicyclic amines) is 2. The van der Waals surface area contributed by atoms with Crippen molar-refractivity contribution >= 4 is 40.1 Å². The monoisotopic (exact) mass is 631 g/mol. The fraction of sp³-hybridized carbons (Fsp3) is 0.500. The quantitative estimate of drug-likeness (QED) is 0.273. The minimum atomic E-state index is -0.549. The number of piperazine rings is 1. The number of carbonyl (C=O) groups excluding carboxylic acids is 2. The molecule has 3 fully saturated rings. The number of terminal acetylenes is 1. The molecule has 4 N–H and O–H groups in total. The molecular weight excluding hydrogens is 590 g/mol. The van der Waals surface area contributed by atoms with Gasteiger partial charge in [0.05, 0.1) is 27.7 Å². The highest BCUT2D eigenvalue weighted by Crippen LogP contribution is 2.30. The maximum absolute atomic E-state index is 14.1. The van der Waals surface area contributed by atoms with Crippen LogP contribution in [0.25, 0.3) is 11.0 Å². The summed E-state index contributed by atoms with van der Waals surface area (Å²) >= 11 is 6.40. The van der Waals surface area contributed by atoms with Gasteiger partial charge in [0.25, 0.3) is 0 Å². The normalized spacial score (nSPS) is 19.5. The molecule has 2 aromatic carbocycles. The van der Waals surface area contributed by atoms with E-state index in [1.807, 2.05) is 38.6 Å². The fourth-order valence-corrected chi connectivity index (χ4v) is 7.59. The molecule has 10 nitrogen and oxygen atoms in total. The molecule has 0 saturated carbocycles. The first-order chi connectivity index (χ1) is 21.8. The van der Waals surface area contributed by atoms with E-state index in [1.54, 1.807) is 12.1 Å². The average molecular weight is 632 g/mol. The van der Waals surface area contributed by atoms with Crippen LogP contribution in [0, 0.1) is 18.3 Å². The standard InChI is InChI=1S/C34H42ClN7O3/c1-2-24-19-23(21-28(35)32(24)36)20-25(33(44)41-15-7-26(8-16-41)39-17-11-37-12-18-39)22-31(43)40-13-9-27(10-14-40)42-30-6-4-3-5-29(30)38-34(42)45/h1,3-6,19,21,25-27,37H,7-18,20,22,36H2,(H,38,45)/t25-/m0/s1. The van der Waals surface area contributed by atoms with Gasteiger partial charge in [0, 0.05) is 76.4 Å². The van der Waals surface area contributed by atoms with Gasteiger partial charge in [0.1, 0.15) is 0 Å². The topological polar surface area (TPSA) is 120 Å². The van der Waals surface area contributed by atoms with E-state index in [-0.39, 0.29) is 30.0 Å². The lowest BCUT2D eigenvalue weighted by molar-refractivity contribution is -0.143. The van der Waals surface area contributed by atoms with Crippen LogP contribution in [0.3, 0.4) is 0 Å². The molecule has 238 valence electrons. The lowest BCUT2D eigenvalue weighted by Gasteiger charge is -2.41. The highest BCUT2D eigenvalue weighted by atomic mass is 35.5. The van der Waals surface area contributed by atoms with Gasteiger partial charge >= 0.3 is 5.69 Å². The third-order valence-electron chi connectivity index (χ3n) is 9.85. The molecule has 1 atom stereocenters. The van der Waals surface area contributed by atoms with E-state index in [1.165, 1.54) is 0 Å². The first-order valence-corrected chi connectivity index (χ1v) is 16.4. The van der Waals surface area contributed by atoms with Crippen LogP contribution in [0.2, 0.25) is 5.02 Å². The number of hydrogen-bond acceptors (Lipinski definition) is 6. The number of halogens is 1. The number of anilines is 1. The molecule has 0 spiro atoms. The Morgan fingerprint density at radius 2 is 1.64 bits per heavy atom. The smallest absolute Gasteiger partial charge is 0.326 e. The number of nitrogens with two attached hydrogens (primary N) is 1. The molecule has 4 heterocycles. The van der Waals surface area contributed by atoms with Crippen molar-refractivity contribution in [1.29, 1.82) is 0 Å². The van der Waals surface area contributed by atoms with E-state index >= 15 is 0 Å². The summed E-state index contributed by atoms with van der Waals surface area (Å²) in [5.74, 6) is 1.99. The number of hydrogen-bond donors (Lipinski definition) is 3. The van der Waals surface area contributed by atoms with Gasteiger partial charge in [0.15, 0.2) is 0 Å². The zero-order valence-electron chi connectivity index (χ0n) is 25.6. The van der Waals surface area contributed by atoms with E-state index in [4.69, 9.17) is 23.8 Å². The van der Waals surface area contributed by atoms with Gasteiger partial charge in [-0.3, -0.25) is 19.1 Å². The number of amides is 2. The number of aromatic amines is 1. The number of carbonyl (C=O) groups is 2. The van der Waals surface area contributed by atoms with E-state index in [2.05, 4.69) is 21.1 Å². The molecule has 45 heavy (non-hydrogen) atoms. The Morgan fingerprint density at radius 3 is 2.36 bits per heavy atom. The summed E-state index contributed by atoms with van der Waals surface area (Å²) in [6.45, 7) is 6.50. The summed E-state index contributed by atoms with van der Waals surface area (Å²) in [5.41, 5.74) is 9.26. The van der Waals surface area contributed by atoms with Gasteiger partial charge in [-0.05, 0) is 61.9 Å². The van der Waals surface area contributed by atoms with Crippen molar-refractivity contribution in [3.05, 3.63) is 63.0 Å². The van der Waals surface area contributed by atoms with Crippen molar-refractivity contribution in [3.63, 3.8) is 0 Å². The second kappa shape index (κ2) is 13.7. The number of piperidine rings is 2. The maximum atomic E-state index is 14.1. The number of rotatable bonds is 7. The summed E-state index contributed by atoms with van der Waals surface area (Å²) in [7, 11) is 0. The first-order valence-electron chi connectivity index (χ1n) is 16.1. The second-order valence-corrected chi connectivity index (χ2v) is 13.0. The van der Waals surface area contributed by atoms with Crippen molar-refractivity contribution < 1.29 is 9.59 Å². The van der Waals surface area contributed by atoms with Crippen molar-refractivity contribution in [2.75, 3.05) is 58.1 Å². The van der Waals surface area contributed by atoms with Gasteiger partial charge in [-0.1, -0.05) is 29.7 Å². The summed E-state index contributed by atoms with van der Waals surface area (Å²) in [4.78, 5) is 49.8. The third kappa shape index (κ3) is 6.76. The zero-order valence-corrected chi connectivity index (χ0v) is 26.4. The van der Waals surface area contributed by atoms with Crippen LogP contribution in [-0.2, 0) is 16.0 Å². The second-order valence-electron chi connectivity index (χ2n) is 12.6. The maximum Gasteiger partial charge on any atom is 0.326 e. The number of imidazole rings is 1. The molecule has 3 saturated heterocycles. The molecule has 3 aliphatic rings. The van der Waals surface area contributed by atoms with Gasteiger partial charge in [0.2, 0.25) is 11.8 Å². The van der Waals surface area contributed by atoms with Crippen LogP contribution in [-0.4, -0.2) is 94.5 Å². The number of nitrogens with zero attached hydrogens (tertiary/aromatic N) is 4. The highest BCUT2D eigenvalue weighted by molar-refractivity contribution is 6.33. The Balaban J connectivity index is 1.14. The molecular formula is C34H42ClN7O3. The Kier molecular flexibility index (Phi) is 9.50. The van der Waals surface area contributed by atoms with Crippen molar-refractivity contribution in [2.24, 2.45) is 5.92 Å². The van der Waals surface area contributed by atoms with Crippen molar-refractivity contribution in [2.45, 2.75) is 50.6 Å². The molecule has 3 aliphatic heterocycles. The Bertz CT molecular complexity index is 1640. The van der Waals surface area contributed by atoms with Crippen LogP contribution >= 0.6 is 11.6 Å². The Hall–Kier alpha value is -3.78. The number of nitrogen functional groups attached to an aromatic ring is 1. The lowest BCUT2D eigenvalue weighted by atomic mass is 9.91. The predicted molar refractivity (Wildman–Crippen MR) is 177 cm³/mol. The number of nitrogens with one attached hydrogen (secondary N) is 2. The minimum Gasteiger partial charge on any atom is -0.397 e. The fourth-order valence-electron chi connectivity index (χ4n) is 7.35. The van der Waals surface area contributed by atoms with Gasteiger partial charge in [-0.2, -0.15) is 0 Å². The van der Waals surface area contributed by atoms with Crippen LogP contribution < -0.4 is 16.7 Å². The SMILES string of the molecule is C#Cc1cc(C[C@@H](CC(=O)N2CCC(n3c(=O)[nH]c4ccccc43)CC2)C(=O)N2CCC(N3CCNCC3)CC2)cc(Cl)c1N. The molecule has 6 rings (SSSR count). The van der Waals surface area contributed by atoms with Crippen LogP contribution in [0.5, 0.6) is 0 Å². The van der Waals surface area contributed by atoms with Gasteiger partial charge < -0.3 is 25.8 Å². The van der Waals surface area contributed by atoms with E-state index in [0.29, 0.717) is 67.8 Å². The van der Waals surface area contributed by atoms with Crippen molar-refractivity contribution in [3.8, 4) is 12.3 Å².